The Morgan fingerprint density at radius 1 is 1.40 bits per heavy atom. The quantitative estimate of drug-likeness (QED) is 0.487. The molecule has 0 amide bonds. The summed E-state index contributed by atoms with van der Waals surface area (Å²) >= 11 is 0. The third-order valence-electron chi connectivity index (χ3n) is 3.47. The van der Waals surface area contributed by atoms with Crippen molar-refractivity contribution < 1.29 is 22.9 Å². The summed E-state index contributed by atoms with van der Waals surface area (Å²) < 4.78 is 39.1. The van der Waals surface area contributed by atoms with Crippen molar-refractivity contribution in [3.8, 4) is 0 Å². The van der Waals surface area contributed by atoms with Crippen LogP contribution in [0.15, 0.2) is 6.20 Å². The summed E-state index contributed by atoms with van der Waals surface area (Å²) in [5, 5.41) is 14.0. The molecule has 2 rings (SSSR count). The molecule has 1 fully saturated rings. The maximum Gasteiger partial charge on any atom is 0.442 e. The SMILES string of the molecule is O=CC1CCCCC1n1cc([N+](=O)[O-])c(C(F)(F)F)n1. The summed E-state index contributed by atoms with van der Waals surface area (Å²) in [5.74, 6) is -0.454. The molecule has 0 saturated heterocycles. The van der Waals surface area contributed by atoms with E-state index in [2.05, 4.69) is 5.10 Å². The number of nitrogens with zero attached hydrogens (tertiary/aromatic N) is 3. The van der Waals surface area contributed by atoms with Gasteiger partial charge in [0.1, 0.15) is 12.5 Å². The first kappa shape index (κ1) is 14.5. The molecule has 110 valence electrons. The zero-order chi connectivity index (χ0) is 14.9. The normalized spacial score (nSPS) is 23.6. The molecule has 1 aliphatic rings. The third-order valence-corrected chi connectivity index (χ3v) is 3.47. The second-order valence-electron chi connectivity index (χ2n) is 4.75. The third kappa shape index (κ3) is 2.66. The van der Waals surface area contributed by atoms with Crippen LogP contribution >= 0.6 is 0 Å². The highest BCUT2D eigenvalue weighted by Gasteiger charge is 2.43. The summed E-state index contributed by atoms with van der Waals surface area (Å²) in [4.78, 5) is 20.6. The molecule has 0 bridgehead atoms. The molecule has 1 heterocycles. The number of halogens is 3. The topological polar surface area (TPSA) is 78.0 Å². The Hall–Kier alpha value is -1.93. The summed E-state index contributed by atoms with van der Waals surface area (Å²) in [5.41, 5.74) is -2.59. The molecular weight excluding hydrogens is 279 g/mol. The Kier molecular flexibility index (Phi) is 3.78. The van der Waals surface area contributed by atoms with E-state index in [1.165, 1.54) is 0 Å². The van der Waals surface area contributed by atoms with Crippen LogP contribution in [0.2, 0.25) is 0 Å². The lowest BCUT2D eigenvalue weighted by atomic mass is 9.86. The molecule has 0 N–H and O–H groups in total. The predicted octanol–water partition coefficient (Wildman–Crippen LogP) is 2.74. The van der Waals surface area contributed by atoms with E-state index in [0.717, 1.165) is 23.7 Å². The number of hydrogen-bond donors (Lipinski definition) is 0. The highest BCUT2D eigenvalue weighted by molar-refractivity contribution is 5.54. The lowest BCUT2D eigenvalue weighted by molar-refractivity contribution is -0.388. The molecule has 1 aromatic rings. The van der Waals surface area contributed by atoms with Gasteiger partial charge in [-0.3, -0.25) is 14.8 Å². The standard InChI is InChI=1S/C11H12F3N3O3/c12-11(13,14)10-9(17(19)20)5-16(15-10)8-4-2-1-3-7(8)6-18/h5-8H,1-4H2. The number of aldehydes is 1. The van der Waals surface area contributed by atoms with Gasteiger partial charge in [0.15, 0.2) is 0 Å². The molecule has 0 aromatic carbocycles. The minimum Gasteiger partial charge on any atom is -0.303 e. The Labute approximate surface area is 111 Å². The first-order valence-electron chi connectivity index (χ1n) is 6.10. The van der Waals surface area contributed by atoms with Gasteiger partial charge in [0, 0.05) is 5.92 Å². The van der Waals surface area contributed by atoms with Crippen molar-refractivity contribution >= 4 is 12.0 Å². The van der Waals surface area contributed by atoms with Crippen LogP contribution in [0.25, 0.3) is 0 Å². The first-order valence-corrected chi connectivity index (χ1v) is 6.10. The summed E-state index contributed by atoms with van der Waals surface area (Å²) in [6, 6.07) is -0.545. The van der Waals surface area contributed by atoms with Crippen molar-refractivity contribution in [2.24, 2.45) is 5.92 Å². The fourth-order valence-electron chi connectivity index (χ4n) is 2.51. The maximum absolute atomic E-state index is 12.7. The van der Waals surface area contributed by atoms with E-state index >= 15 is 0 Å². The van der Waals surface area contributed by atoms with E-state index in [4.69, 9.17) is 0 Å². The van der Waals surface area contributed by atoms with Crippen molar-refractivity contribution in [3.05, 3.63) is 22.0 Å². The fraction of sp³-hybridized carbons (Fsp3) is 0.636. The van der Waals surface area contributed by atoms with Crippen LogP contribution in [-0.2, 0) is 11.0 Å². The van der Waals surface area contributed by atoms with E-state index in [1.54, 1.807) is 0 Å². The molecule has 2 unspecified atom stereocenters. The summed E-state index contributed by atoms with van der Waals surface area (Å²) in [6.45, 7) is 0. The lowest BCUT2D eigenvalue weighted by Gasteiger charge is -2.27. The highest BCUT2D eigenvalue weighted by atomic mass is 19.4. The van der Waals surface area contributed by atoms with Crippen LogP contribution in [0.1, 0.15) is 37.4 Å². The molecule has 9 heteroatoms. The number of carbonyl (C=O) groups excluding carboxylic acids is 1. The van der Waals surface area contributed by atoms with Gasteiger partial charge in [-0.2, -0.15) is 18.3 Å². The van der Waals surface area contributed by atoms with Gasteiger partial charge in [0.05, 0.1) is 11.0 Å². The molecule has 1 aliphatic carbocycles. The number of nitro groups is 1. The Balaban J connectivity index is 2.42. The zero-order valence-corrected chi connectivity index (χ0v) is 10.3. The second kappa shape index (κ2) is 5.22. The smallest absolute Gasteiger partial charge is 0.303 e. The van der Waals surface area contributed by atoms with Gasteiger partial charge in [-0.25, -0.2) is 0 Å². The molecule has 2 atom stereocenters. The summed E-state index contributed by atoms with van der Waals surface area (Å²) in [7, 11) is 0. The molecule has 1 saturated carbocycles. The van der Waals surface area contributed by atoms with Crippen molar-refractivity contribution in [1.29, 1.82) is 0 Å². The second-order valence-corrected chi connectivity index (χ2v) is 4.75. The Bertz CT molecular complexity index is 527. The first-order chi connectivity index (χ1) is 9.34. The van der Waals surface area contributed by atoms with Gasteiger partial charge in [-0.05, 0) is 12.8 Å². The van der Waals surface area contributed by atoms with E-state index in [9.17, 15) is 28.1 Å². The monoisotopic (exact) mass is 291 g/mol. The molecule has 1 aromatic heterocycles. The summed E-state index contributed by atoms with van der Waals surface area (Å²) in [6.07, 6.45) is -0.818. The van der Waals surface area contributed by atoms with Crippen LogP contribution in [0.5, 0.6) is 0 Å². The largest absolute Gasteiger partial charge is 0.442 e. The average Bonchev–Trinajstić information content (AvgIpc) is 2.83. The van der Waals surface area contributed by atoms with Gasteiger partial charge in [0.25, 0.3) is 0 Å². The van der Waals surface area contributed by atoms with Crippen LogP contribution < -0.4 is 0 Å². The molecule has 6 nitrogen and oxygen atoms in total. The van der Waals surface area contributed by atoms with E-state index in [1.807, 2.05) is 0 Å². The van der Waals surface area contributed by atoms with E-state index in [0.29, 0.717) is 19.1 Å². The van der Waals surface area contributed by atoms with E-state index in [-0.39, 0.29) is 0 Å². The number of hydrogen-bond acceptors (Lipinski definition) is 4. The Morgan fingerprint density at radius 3 is 2.55 bits per heavy atom. The van der Waals surface area contributed by atoms with Gasteiger partial charge < -0.3 is 4.79 Å². The average molecular weight is 291 g/mol. The number of aromatic nitrogens is 2. The van der Waals surface area contributed by atoms with Crippen molar-refractivity contribution in [2.45, 2.75) is 37.9 Å². The minimum atomic E-state index is -4.89. The Morgan fingerprint density at radius 2 is 2.05 bits per heavy atom. The molecule has 20 heavy (non-hydrogen) atoms. The molecule has 0 spiro atoms. The predicted molar refractivity (Wildman–Crippen MR) is 60.9 cm³/mol. The fourth-order valence-corrected chi connectivity index (χ4v) is 2.51. The van der Waals surface area contributed by atoms with Crippen LogP contribution in [-0.4, -0.2) is 21.0 Å². The number of rotatable bonds is 3. The van der Waals surface area contributed by atoms with Gasteiger partial charge >= 0.3 is 11.9 Å². The molecule has 0 aliphatic heterocycles. The lowest BCUT2D eigenvalue weighted by Crippen LogP contribution is -2.25. The van der Waals surface area contributed by atoms with Crippen molar-refractivity contribution in [2.75, 3.05) is 0 Å². The molecule has 0 radical (unpaired) electrons. The van der Waals surface area contributed by atoms with Crippen molar-refractivity contribution in [1.82, 2.24) is 9.78 Å². The number of carbonyl (C=O) groups is 1. The molecular formula is C11H12F3N3O3. The van der Waals surface area contributed by atoms with Gasteiger partial charge in [-0.1, -0.05) is 12.8 Å². The maximum atomic E-state index is 12.7. The van der Waals surface area contributed by atoms with Crippen LogP contribution in [0, 0.1) is 16.0 Å². The van der Waals surface area contributed by atoms with Gasteiger partial charge in [0.2, 0.25) is 5.69 Å². The van der Waals surface area contributed by atoms with Crippen LogP contribution in [0.3, 0.4) is 0 Å². The number of alkyl halides is 3. The minimum absolute atomic E-state index is 0.454. The zero-order valence-electron chi connectivity index (χ0n) is 10.3. The van der Waals surface area contributed by atoms with Gasteiger partial charge in [-0.15, -0.1) is 0 Å². The van der Waals surface area contributed by atoms with Crippen molar-refractivity contribution in [3.63, 3.8) is 0 Å². The van der Waals surface area contributed by atoms with Crippen LogP contribution in [0.4, 0.5) is 18.9 Å². The van der Waals surface area contributed by atoms with E-state index < -0.39 is 34.4 Å². The highest BCUT2D eigenvalue weighted by Crippen LogP contribution is 2.38.